The largest absolute Gasteiger partial charge is 0.329 e. The first-order chi connectivity index (χ1) is 8.72. The molecule has 0 fully saturated rings. The molecule has 0 saturated heterocycles. The van der Waals surface area contributed by atoms with E-state index in [1.807, 2.05) is 12.3 Å². The highest BCUT2D eigenvalue weighted by Crippen LogP contribution is 2.16. The Bertz CT molecular complexity index is 503. The molecular weight excluding hydrogens is 222 g/mol. The van der Waals surface area contributed by atoms with Gasteiger partial charge in [0, 0.05) is 30.7 Å². The summed E-state index contributed by atoms with van der Waals surface area (Å²) in [5, 5.41) is 5.94. The molecule has 1 atom stereocenters. The quantitative estimate of drug-likeness (QED) is 0.847. The first-order valence-electron chi connectivity index (χ1n) is 6.48. The molecule has 3 nitrogen and oxygen atoms in total. The minimum absolute atomic E-state index is 0.339. The van der Waals surface area contributed by atoms with Crippen molar-refractivity contribution in [3.63, 3.8) is 0 Å². The summed E-state index contributed by atoms with van der Waals surface area (Å²) in [6.07, 6.45) is 1.87. The molecule has 1 heterocycles. The van der Waals surface area contributed by atoms with Crippen molar-refractivity contribution >= 4 is 10.8 Å². The molecule has 96 valence electrons. The Hall–Kier alpha value is -1.45. The highest BCUT2D eigenvalue weighted by atomic mass is 15.0. The highest BCUT2D eigenvalue weighted by molar-refractivity contribution is 5.84. The van der Waals surface area contributed by atoms with Gasteiger partial charge in [0.15, 0.2) is 0 Å². The van der Waals surface area contributed by atoms with Gasteiger partial charge in [0.1, 0.15) is 0 Å². The lowest BCUT2D eigenvalue weighted by atomic mass is 10.0. The molecule has 2 rings (SSSR count). The zero-order valence-electron chi connectivity index (χ0n) is 11.1. The lowest BCUT2D eigenvalue weighted by Gasteiger charge is -2.20. The molecule has 0 amide bonds. The van der Waals surface area contributed by atoms with E-state index in [1.54, 1.807) is 0 Å². The Morgan fingerprint density at radius 3 is 2.72 bits per heavy atom. The summed E-state index contributed by atoms with van der Waals surface area (Å²) in [6, 6.07) is 10.7. The van der Waals surface area contributed by atoms with Crippen LogP contribution in [-0.2, 0) is 6.54 Å². The number of pyridine rings is 1. The predicted molar refractivity (Wildman–Crippen MR) is 76.3 cm³/mol. The van der Waals surface area contributed by atoms with Gasteiger partial charge in [-0.1, -0.05) is 38.1 Å². The first kappa shape index (κ1) is 13.0. The molecule has 0 radical (unpaired) electrons. The van der Waals surface area contributed by atoms with Crippen molar-refractivity contribution in [2.24, 2.45) is 11.7 Å². The maximum absolute atomic E-state index is 5.77. The smallest absolute Gasteiger partial charge is 0.0619 e. The monoisotopic (exact) mass is 243 g/mol. The molecule has 0 bridgehead atoms. The predicted octanol–water partition coefficient (Wildman–Crippen LogP) is 2.31. The average Bonchev–Trinajstić information content (AvgIpc) is 2.39. The van der Waals surface area contributed by atoms with Gasteiger partial charge in [-0.3, -0.25) is 4.98 Å². The fourth-order valence-electron chi connectivity index (χ4n) is 2.14. The number of nitrogens with zero attached hydrogens (tertiary/aromatic N) is 1. The van der Waals surface area contributed by atoms with E-state index >= 15 is 0 Å². The first-order valence-corrected chi connectivity index (χ1v) is 6.48. The molecule has 18 heavy (non-hydrogen) atoms. The van der Waals surface area contributed by atoms with Crippen molar-refractivity contribution in [2.45, 2.75) is 26.4 Å². The van der Waals surface area contributed by atoms with Crippen LogP contribution in [0.2, 0.25) is 0 Å². The number of hydrogen-bond acceptors (Lipinski definition) is 3. The van der Waals surface area contributed by atoms with Crippen molar-refractivity contribution in [2.75, 3.05) is 6.54 Å². The van der Waals surface area contributed by atoms with E-state index in [9.17, 15) is 0 Å². The SMILES string of the molecule is CC(C)C(CN)NCc1nccc2ccccc12. The van der Waals surface area contributed by atoms with E-state index in [0.29, 0.717) is 18.5 Å². The van der Waals surface area contributed by atoms with Gasteiger partial charge in [-0.15, -0.1) is 0 Å². The van der Waals surface area contributed by atoms with Crippen LogP contribution in [0.4, 0.5) is 0 Å². The van der Waals surface area contributed by atoms with E-state index < -0.39 is 0 Å². The number of hydrogen-bond donors (Lipinski definition) is 2. The highest BCUT2D eigenvalue weighted by Gasteiger charge is 2.11. The lowest BCUT2D eigenvalue weighted by Crippen LogP contribution is -2.39. The number of fused-ring (bicyclic) bond motifs is 1. The van der Waals surface area contributed by atoms with Gasteiger partial charge in [0.2, 0.25) is 0 Å². The zero-order chi connectivity index (χ0) is 13.0. The topological polar surface area (TPSA) is 50.9 Å². The summed E-state index contributed by atoms with van der Waals surface area (Å²) in [5.41, 5.74) is 6.86. The van der Waals surface area contributed by atoms with Crippen LogP contribution in [0.25, 0.3) is 10.8 Å². The van der Waals surface area contributed by atoms with Gasteiger partial charge < -0.3 is 11.1 Å². The second kappa shape index (κ2) is 5.94. The average molecular weight is 243 g/mol. The van der Waals surface area contributed by atoms with Crippen LogP contribution in [0.1, 0.15) is 19.5 Å². The van der Waals surface area contributed by atoms with Gasteiger partial charge >= 0.3 is 0 Å². The lowest BCUT2D eigenvalue weighted by molar-refractivity contribution is 0.403. The Morgan fingerprint density at radius 2 is 2.00 bits per heavy atom. The minimum atomic E-state index is 0.339. The van der Waals surface area contributed by atoms with Gasteiger partial charge in [0.05, 0.1) is 5.69 Å². The Balaban J connectivity index is 2.17. The van der Waals surface area contributed by atoms with Gasteiger partial charge in [0.25, 0.3) is 0 Å². The second-order valence-electron chi connectivity index (χ2n) is 4.95. The van der Waals surface area contributed by atoms with E-state index in [0.717, 1.165) is 12.2 Å². The summed E-state index contributed by atoms with van der Waals surface area (Å²) in [4.78, 5) is 4.47. The number of aromatic nitrogens is 1. The third-order valence-electron chi connectivity index (χ3n) is 3.35. The maximum Gasteiger partial charge on any atom is 0.0619 e. The summed E-state index contributed by atoms with van der Waals surface area (Å²) in [5.74, 6) is 0.532. The standard InChI is InChI=1S/C15H21N3/c1-11(2)14(9-16)18-10-15-13-6-4-3-5-12(13)7-8-17-15/h3-8,11,14,18H,9-10,16H2,1-2H3. The van der Waals surface area contributed by atoms with Crippen LogP contribution in [-0.4, -0.2) is 17.6 Å². The van der Waals surface area contributed by atoms with Gasteiger partial charge in [-0.05, 0) is 17.4 Å². The second-order valence-corrected chi connectivity index (χ2v) is 4.95. The van der Waals surface area contributed by atoms with Crippen LogP contribution in [0.15, 0.2) is 36.5 Å². The summed E-state index contributed by atoms with van der Waals surface area (Å²) < 4.78 is 0. The minimum Gasteiger partial charge on any atom is -0.329 e. The number of nitrogens with one attached hydrogen (secondary N) is 1. The third-order valence-corrected chi connectivity index (χ3v) is 3.35. The van der Waals surface area contributed by atoms with Crippen molar-refractivity contribution in [1.82, 2.24) is 10.3 Å². The van der Waals surface area contributed by atoms with Gasteiger partial charge in [-0.2, -0.15) is 0 Å². The molecular formula is C15H21N3. The van der Waals surface area contributed by atoms with Crippen LogP contribution < -0.4 is 11.1 Å². The fraction of sp³-hybridized carbons (Fsp3) is 0.400. The number of benzene rings is 1. The molecule has 1 aromatic heterocycles. The number of nitrogens with two attached hydrogens (primary N) is 1. The molecule has 2 aromatic rings. The van der Waals surface area contributed by atoms with E-state index in [-0.39, 0.29) is 0 Å². The van der Waals surface area contributed by atoms with Crippen molar-refractivity contribution in [3.8, 4) is 0 Å². The van der Waals surface area contributed by atoms with Crippen LogP contribution in [0.3, 0.4) is 0 Å². The molecule has 1 aromatic carbocycles. The Morgan fingerprint density at radius 1 is 1.22 bits per heavy atom. The normalized spacial score (nSPS) is 13.1. The van der Waals surface area contributed by atoms with Crippen LogP contribution >= 0.6 is 0 Å². The molecule has 3 heteroatoms. The summed E-state index contributed by atoms with van der Waals surface area (Å²) in [6.45, 7) is 5.78. The molecule has 0 aliphatic heterocycles. The maximum atomic E-state index is 5.77. The van der Waals surface area contributed by atoms with Gasteiger partial charge in [-0.25, -0.2) is 0 Å². The Kier molecular flexibility index (Phi) is 4.28. The van der Waals surface area contributed by atoms with E-state index in [2.05, 4.69) is 48.4 Å². The third kappa shape index (κ3) is 2.86. The summed E-state index contributed by atoms with van der Waals surface area (Å²) in [7, 11) is 0. The van der Waals surface area contributed by atoms with Crippen molar-refractivity contribution in [1.29, 1.82) is 0 Å². The molecule has 0 spiro atoms. The van der Waals surface area contributed by atoms with E-state index in [1.165, 1.54) is 10.8 Å². The Labute approximate surface area is 108 Å². The number of rotatable bonds is 5. The van der Waals surface area contributed by atoms with E-state index in [4.69, 9.17) is 5.73 Å². The zero-order valence-corrected chi connectivity index (χ0v) is 11.1. The molecule has 0 aliphatic rings. The molecule has 3 N–H and O–H groups in total. The van der Waals surface area contributed by atoms with Crippen molar-refractivity contribution in [3.05, 3.63) is 42.2 Å². The van der Waals surface area contributed by atoms with Crippen LogP contribution in [0, 0.1) is 5.92 Å². The molecule has 0 aliphatic carbocycles. The van der Waals surface area contributed by atoms with Crippen molar-refractivity contribution < 1.29 is 0 Å². The summed E-state index contributed by atoms with van der Waals surface area (Å²) >= 11 is 0. The fourth-order valence-corrected chi connectivity index (χ4v) is 2.14. The molecule has 1 unspecified atom stereocenters. The van der Waals surface area contributed by atoms with Crippen LogP contribution in [0.5, 0.6) is 0 Å². The molecule has 0 saturated carbocycles.